The van der Waals surface area contributed by atoms with Gasteiger partial charge >= 0.3 is 0 Å². The molecule has 0 saturated carbocycles. The first kappa shape index (κ1) is 19.7. The van der Waals surface area contributed by atoms with Gasteiger partial charge in [0.2, 0.25) is 0 Å². The molecule has 5 aromatic rings. The lowest BCUT2D eigenvalue weighted by atomic mass is 9.97. The summed E-state index contributed by atoms with van der Waals surface area (Å²) >= 11 is 0. The zero-order valence-electron chi connectivity index (χ0n) is 19.3. The standard InChI is InChI=1S/C26H25N5O2/c1-12-16-8-6-7-9-19(16)29-24(12)25-23-17-11-21(32-5)18(22-13(2)31-33-14(22)3)10-20(17)30-26(23)28-15(4)27-25/h6-11,15,28-30H,1-5H3. The summed E-state index contributed by atoms with van der Waals surface area (Å²) < 4.78 is 11.3. The minimum absolute atomic E-state index is 0.0599. The highest BCUT2D eigenvalue weighted by Gasteiger charge is 2.28. The molecule has 0 aliphatic carbocycles. The number of hydrogen-bond acceptors (Lipinski definition) is 5. The molecular formula is C26H25N5O2. The van der Waals surface area contributed by atoms with Crippen molar-refractivity contribution < 1.29 is 9.26 Å². The molecule has 1 aliphatic rings. The first-order valence-corrected chi connectivity index (χ1v) is 11.1. The van der Waals surface area contributed by atoms with E-state index in [2.05, 4.69) is 64.6 Å². The van der Waals surface area contributed by atoms with Crippen LogP contribution in [0.1, 0.15) is 35.2 Å². The average molecular weight is 440 g/mol. The number of ether oxygens (including phenoxy) is 1. The Morgan fingerprint density at radius 1 is 0.970 bits per heavy atom. The molecule has 7 heteroatoms. The third kappa shape index (κ3) is 2.81. The third-order valence-electron chi connectivity index (χ3n) is 6.54. The molecule has 0 bridgehead atoms. The van der Waals surface area contributed by atoms with Gasteiger partial charge in [0.15, 0.2) is 0 Å². The second-order valence-corrected chi connectivity index (χ2v) is 8.64. The number of aromatic amines is 2. The minimum Gasteiger partial charge on any atom is -0.496 e. The monoisotopic (exact) mass is 439 g/mol. The van der Waals surface area contributed by atoms with Gasteiger partial charge in [-0.1, -0.05) is 23.4 Å². The molecule has 166 valence electrons. The van der Waals surface area contributed by atoms with Crippen LogP contribution in [0.25, 0.3) is 32.9 Å². The summed E-state index contributed by atoms with van der Waals surface area (Å²) in [4.78, 5) is 12.2. The Balaban J connectivity index is 1.61. The highest BCUT2D eigenvalue weighted by atomic mass is 16.5. The normalized spacial score (nSPS) is 15.5. The maximum atomic E-state index is 5.83. The van der Waals surface area contributed by atoms with Crippen molar-refractivity contribution in [3.8, 4) is 16.9 Å². The van der Waals surface area contributed by atoms with E-state index in [1.807, 2.05) is 19.9 Å². The number of fused-ring (bicyclic) bond motifs is 4. The van der Waals surface area contributed by atoms with Crippen LogP contribution in [0.4, 0.5) is 5.82 Å². The summed E-state index contributed by atoms with van der Waals surface area (Å²) in [5, 5.41) is 9.88. The van der Waals surface area contributed by atoms with Gasteiger partial charge in [-0.2, -0.15) is 0 Å². The molecule has 0 saturated heterocycles. The SMILES string of the molecule is COc1cc2c3c([nH]c2cc1-c1c(C)noc1C)NC(C)N=C3c1[nH]c2ccccc2c1C. The fraction of sp³-hybridized carbons (Fsp3) is 0.231. The van der Waals surface area contributed by atoms with Gasteiger partial charge in [0.25, 0.3) is 0 Å². The van der Waals surface area contributed by atoms with E-state index in [9.17, 15) is 0 Å². The third-order valence-corrected chi connectivity index (χ3v) is 6.54. The van der Waals surface area contributed by atoms with Crippen molar-refractivity contribution >= 4 is 33.3 Å². The Hall–Kier alpha value is -4.00. The van der Waals surface area contributed by atoms with Crippen molar-refractivity contribution in [1.82, 2.24) is 15.1 Å². The molecular weight excluding hydrogens is 414 g/mol. The van der Waals surface area contributed by atoms with Crippen molar-refractivity contribution in [2.45, 2.75) is 33.9 Å². The smallest absolute Gasteiger partial charge is 0.141 e. The largest absolute Gasteiger partial charge is 0.496 e. The molecule has 1 aliphatic heterocycles. The number of rotatable bonds is 3. The van der Waals surface area contributed by atoms with Crippen molar-refractivity contribution in [1.29, 1.82) is 0 Å². The van der Waals surface area contributed by atoms with Crippen LogP contribution in [-0.2, 0) is 0 Å². The van der Waals surface area contributed by atoms with E-state index in [0.717, 1.165) is 67.5 Å². The van der Waals surface area contributed by atoms with E-state index in [1.165, 1.54) is 10.9 Å². The molecule has 1 atom stereocenters. The number of nitrogens with zero attached hydrogens (tertiary/aromatic N) is 2. The Morgan fingerprint density at radius 2 is 1.79 bits per heavy atom. The second-order valence-electron chi connectivity index (χ2n) is 8.64. The topological polar surface area (TPSA) is 91.2 Å². The number of H-pyrrole nitrogens is 2. The molecule has 3 N–H and O–H groups in total. The van der Waals surface area contributed by atoms with Crippen LogP contribution in [0, 0.1) is 20.8 Å². The summed E-state index contributed by atoms with van der Waals surface area (Å²) in [6.07, 6.45) is -0.0599. The second kappa shape index (κ2) is 7.00. The summed E-state index contributed by atoms with van der Waals surface area (Å²) in [5.41, 5.74) is 9.08. The zero-order valence-corrected chi connectivity index (χ0v) is 19.3. The van der Waals surface area contributed by atoms with Crippen LogP contribution in [0.2, 0.25) is 0 Å². The van der Waals surface area contributed by atoms with Crippen LogP contribution in [-0.4, -0.2) is 34.1 Å². The Labute approximate surface area is 190 Å². The van der Waals surface area contributed by atoms with Crippen LogP contribution >= 0.6 is 0 Å². The number of para-hydroxylation sites is 1. The van der Waals surface area contributed by atoms with Crippen molar-refractivity contribution in [2.24, 2.45) is 4.99 Å². The zero-order chi connectivity index (χ0) is 22.9. The number of aliphatic imine (C=N–C) groups is 1. The fourth-order valence-electron chi connectivity index (χ4n) is 5.02. The van der Waals surface area contributed by atoms with Crippen LogP contribution < -0.4 is 10.1 Å². The Bertz CT molecular complexity index is 1560. The number of hydrogen-bond donors (Lipinski definition) is 3. The number of aromatic nitrogens is 3. The van der Waals surface area contributed by atoms with E-state index in [1.54, 1.807) is 7.11 Å². The highest BCUT2D eigenvalue weighted by Crippen LogP contribution is 2.42. The van der Waals surface area contributed by atoms with E-state index in [4.69, 9.17) is 14.3 Å². The molecule has 33 heavy (non-hydrogen) atoms. The summed E-state index contributed by atoms with van der Waals surface area (Å²) in [6, 6.07) is 12.6. The van der Waals surface area contributed by atoms with Crippen molar-refractivity contribution in [3.05, 3.63) is 64.7 Å². The van der Waals surface area contributed by atoms with Crippen molar-refractivity contribution in [3.63, 3.8) is 0 Å². The molecule has 2 aromatic carbocycles. The van der Waals surface area contributed by atoms with E-state index >= 15 is 0 Å². The van der Waals surface area contributed by atoms with Crippen LogP contribution in [0.5, 0.6) is 5.75 Å². The number of nitrogens with one attached hydrogen (secondary N) is 3. The molecule has 0 fully saturated rings. The number of benzene rings is 2. The minimum atomic E-state index is -0.0599. The lowest BCUT2D eigenvalue weighted by molar-refractivity contribution is 0.393. The maximum Gasteiger partial charge on any atom is 0.141 e. The van der Waals surface area contributed by atoms with Crippen LogP contribution in [0.3, 0.4) is 0 Å². The molecule has 3 aromatic heterocycles. The van der Waals surface area contributed by atoms with Gasteiger partial charge in [-0.3, -0.25) is 4.99 Å². The van der Waals surface area contributed by atoms with Gasteiger partial charge in [0.1, 0.15) is 23.5 Å². The summed E-state index contributed by atoms with van der Waals surface area (Å²) in [5.74, 6) is 2.49. The average Bonchev–Trinajstić information content (AvgIpc) is 3.44. The Kier molecular flexibility index (Phi) is 4.17. The summed E-state index contributed by atoms with van der Waals surface area (Å²) in [6.45, 7) is 8.07. The predicted octanol–water partition coefficient (Wildman–Crippen LogP) is 5.85. The highest BCUT2D eigenvalue weighted by molar-refractivity contribution is 6.25. The van der Waals surface area contributed by atoms with Gasteiger partial charge in [0, 0.05) is 27.4 Å². The van der Waals surface area contributed by atoms with E-state index in [-0.39, 0.29) is 6.17 Å². The molecule has 4 heterocycles. The number of aryl methyl sites for hydroxylation is 3. The predicted molar refractivity (Wildman–Crippen MR) is 132 cm³/mol. The van der Waals surface area contributed by atoms with Gasteiger partial charge in [0.05, 0.1) is 35.3 Å². The lowest BCUT2D eigenvalue weighted by Crippen LogP contribution is -2.24. The van der Waals surface area contributed by atoms with Crippen LogP contribution in [0.15, 0.2) is 45.9 Å². The van der Waals surface area contributed by atoms with Gasteiger partial charge in [-0.05, 0) is 51.5 Å². The van der Waals surface area contributed by atoms with Gasteiger partial charge < -0.3 is 24.5 Å². The number of anilines is 1. The fourth-order valence-corrected chi connectivity index (χ4v) is 5.02. The van der Waals surface area contributed by atoms with E-state index in [0.29, 0.717) is 0 Å². The first-order chi connectivity index (χ1) is 16.0. The molecule has 0 spiro atoms. The quantitative estimate of drug-likeness (QED) is 0.329. The maximum absolute atomic E-state index is 5.83. The molecule has 0 radical (unpaired) electrons. The molecule has 7 nitrogen and oxygen atoms in total. The van der Waals surface area contributed by atoms with E-state index < -0.39 is 0 Å². The molecule has 6 rings (SSSR count). The molecule has 0 amide bonds. The van der Waals surface area contributed by atoms with Crippen molar-refractivity contribution in [2.75, 3.05) is 12.4 Å². The Morgan fingerprint density at radius 3 is 2.52 bits per heavy atom. The number of methoxy groups -OCH3 is 1. The molecule has 1 unspecified atom stereocenters. The van der Waals surface area contributed by atoms with Gasteiger partial charge in [-0.25, -0.2) is 0 Å². The summed E-state index contributed by atoms with van der Waals surface area (Å²) in [7, 11) is 1.69. The van der Waals surface area contributed by atoms with Gasteiger partial charge in [-0.15, -0.1) is 0 Å². The lowest BCUT2D eigenvalue weighted by Gasteiger charge is -2.20. The first-order valence-electron chi connectivity index (χ1n) is 11.1.